The van der Waals surface area contributed by atoms with Crippen LogP contribution in [0.1, 0.15) is 22.3 Å². The van der Waals surface area contributed by atoms with Gasteiger partial charge in [-0.15, -0.1) is 0 Å². The van der Waals surface area contributed by atoms with E-state index in [1.165, 1.54) is 33.4 Å². The van der Waals surface area contributed by atoms with Crippen LogP contribution in [0.5, 0.6) is 0 Å². The van der Waals surface area contributed by atoms with E-state index in [0.29, 0.717) is 0 Å². The van der Waals surface area contributed by atoms with E-state index in [1.54, 1.807) is 0 Å². The minimum atomic E-state index is -0.380. The van der Waals surface area contributed by atoms with Gasteiger partial charge in [-0.25, -0.2) is 0 Å². The van der Waals surface area contributed by atoms with Crippen LogP contribution in [0.3, 0.4) is 0 Å². The van der Waals surface area contributed by atoms with Crippen molar-refractivity contribution in [2.75, 3.05) is 0 Å². The van der Waals surface area contributed by atoms with Gasteiger partial charge in [-0.2, -0.15) is 0 Å². The monoisotopic (exact) mass is 338 g/mol. The molecule has 0 nitrogen and oxygen atoms in total. The summed E-state index contributed by atoms with van der Waals surface area (Å²) in [5, 5.41) is 0. The van der Waals surface area contributed by atoms with Crippen LogP contribution in [0, 0.1) is 0 Å². The number of fused-ring (bicyclic) bond motifs is 3. The van der Waals surface area contributed by atoms with Crippen molar-refractivity contribution >= 4 is 26.6 Å². The second kappa shape index (κ2) is 6.03. The van der Waals surface area contributed by atoms with Crippen molar-refractivity contribution in [1.82, 2.24) is 0 Å². The van der Waals surface area contributed by atoms with Gasteiger partial charge in [-0.1, -0.05) is 108 Å². The van der Waals surface area contributed by atoms with Crippen LogP contribution in [0.2, 0.25) is 0 Å². The Morgan fingerprint density at radius 1 is 0.444 bits per heavy atom. The smallest absolute Gasteiger partial charge is 0.0967 e. The molecule has 122 valence electrons. The van der Waals surface area contributed by atoms with Gasteiger partial charge in [0.2, 0.25) is 0 Å². The number of rotatable bonds is 2. The summed E-state index contributed by atoms with van der Waals surface area (Å²) in [5.41, 5.74) is 8.72. The molecule has 2 heteroatoms. The van der Waals surface area contributed by atoms with Gasteiger partial charge in [0.25, 0.3) is 0 Å². The second-order valence-electron chi connectivity index (χ2n) is 7.09. The zero-order valence-electron chi connectivity index (χ0n) is 14.9. The normalized spacial score (nSPS) is 13.8. The number of hydrogen-bond donors (Lipinski definition) is 0. The van der Waals surface area contributed by atoms with Crippen LogP contribution in [0.25, 0.3) is 11.1 Å². The van der Waals surface area contributed by atoms with Gasteiger partial charge < -0.3 is 0 Å². The van der Waals surface area contributed by atoms with Crippen molar-refractivity contribution in [3.05, 3.63) is 119 Å². The molecular formula is C25H16B2. The summed E-state index contributed by atoms with van der Waals surface area (Å²) in [6, 6.07) is 33.9. The molecule has 0 N–H and O–H groups in total. The molecular weight excluding hydrogens is 322 g/mol. The first-order chi connectivity index (χ1) is 13.2. The van der Waals surface area contributed by atoms with Gasteiger partial charge in [-0.3, -0.25) is 0 Å². The highest BCUT2D eigenvalue weighted by atomic mass is 14.5. The third kappa shape index (κ3) is 2.26. The molecule has 1 aliphatic carbocycles. The minimum absolute atomic E-state index is 0.380. The first-order valence-electron chi connectivity index (χ1n) is 9.12. The van der Waals surface area contributed by atoms with Crippen molar-refractivity contribution in [1.29, 1.82) is 0 Å². The molecule has 27 heavy (non-hydrogen) atoms. The van der Waals surface area contributed by atoms with Gasteiger partial charge >= 0.3 is 0 Å². The largest absolute Gasteiger partial charge is 0.113 e. The van der Waals surface area contributed by atoms with Crippen LogP contribution >= 0.6 is 0 Å². The second-order valence-corrected chi connectivity index (χ2v) is 7.09. The lowest BCUT2D eigenvalue weighted by atomic mass is 9.67. The molecule has 0 spiro atoms. The summed E-state index contributed by atoms with van der Waals surface area (Å²) >= 11 is 0. The molecule has 0 amide bonds. The quantitative estimate of drug-likeness (QED) is 0.431. The van der Waals surface area contributed by atoms with Gasteiger partial charge in [0.1, 0.15) is 15.7 Å². The molecule has 1 aliphatic rings. The number of hydrogen-bond acceptors (Lipinski definition) is 0. The van der Waals surface area contributed by atoms with Crippen LogP contribution in [0.4, 0.5) is 0 Å². The Bertz CT molecular complexity index is 1030. The van der Waals surface area contributed by atoms with E-state index in [9.17, 15) is 0 Å². The highest BCUT2D eigenvalue weighted by Gasteiger charge is 2.45. The van der Waals surface area contributed by atoms with Gasteiger partial charge in [0.05, 0.1) is 5.41 Å². The molecule has 0 heterocycles. The van der Waals surface area contributed by atoms with Gasteiger partial charge in [0, 0.05) is 0 Å². The van der Waals surface area contributed by atoms with E-state index in [1.807, 2.05) is 24.3 Å². The topological polar surface area (TPSA) is 0 Å². The molecule has 0 saturated carbocycles. The standard InChI is InChI=1S/C25H16B2/c26-19-13-9-17(10-14-19)25(18-11-15-20(27)16-12-18)23-7-3-1-5-21(23)22-6-2-4-8-24(22)25/h1-16H. The predicted octanol–water partition coefficient (Wildman–Crippen LogP) is 3.64. The Hall–Kier alpha value is -2.99. The van der Waals surface area contributed by atoms with Crippen molar-refractivity contribution in [2.45, 2.75) is 5.41 Å². The van der Waals surface area contributed by atoms with Crippen LogP contribution < -0.4 is 10.9 Å². The maximum Gasteiger partial charge on any atom is 0.113 e. The Balaban J connectivity index is 1.94. The van der Waals surface area contributed by atoms with Crippen molar-refractivity contribution in [3.8, 4) is 11.1 Å². The number of benzene rings is 4. The lowest BCUT2D eigenvalue weighted by Crippen LogP contribution is -2.29. The maximum atomic E-state index is 6.00. The lowest BCUT2D eigenvalue weighted by molar-refractivity contribution is 0.769. The predicted molar refractivity (Wildman–Crippen MR) is 115 cm³/mol. The Morgan fingerprint density at radius 3 is 1.22 bits per heavy atom. The minimum Gasteiger partial charge on any atom is -0.0967 e. The summed E-state index contributed by atoms with van der Waals surface area (Å²) < 4.78 is 0. The summed E-state index contributed by atoms with van der Waals surface area (Å²) in [4.78, 5) is 0. The van der Waals surface area contributed by atoms with Gasteiger partial charge in [0.15, 0.2) is 0 Å². The molecule has 0 atom stereocenters. The van der Waals surface area contributed by atoms with Crippen molar-refractivity contribution in [3.63, 3.8) is 0 Å². The molecule has 0 fully saturated rings. The molecule has 0 bridgehead atoms. The van der Waals surface area contributed by atoms with Crippen LogP contribution in [-0.2, 0) is 5.41 Å². The van der Waals surface area contributed by atoms with E-state index < -0.39 is 0 Å². The first-order valence-corrected chi connectivity index (χ1v) is 9.12. The van der Waals surface area contributed by atoms with E-state index in [-0.39, 0.29) is 5.41 Å². The SMILES string of the molecule is [B]c1ccc(C2(c3ccc([B])cc3)c3ccccc3-c3ccccc32)cc1. The zero-order valence-corrected chi connectivity index (χ0v) is 14.9. The van der Waals surface area contributed by atoms with Crippen LogP contribution in [-0.4, -0.2) is 15.7 Å². The fourth-order valence-electron chi connectivity index (χ4n) is 4.49. The molecule has 0 aliphatic heterocycles. The van der Waals surface area contributed by atoms with Crippen molar-refractivity contribution in [2.24, 2.45) is 0 Å². The first kappa shape index (κ1) is 16.2. The Labute approximate surface area is 162 Å². The average Bonchev–Trinajstić information content (AvgIpc) is 3.01. The lowest BCUT2D eigenvalue weighted by Gasteiger charge is -2.34. The van der Waals surface area contributed by atoms with Gasteiger partial charge in [-0.05, 0) is 33.4 Å². The summed E-state index contributed by atoms with van der Waals surface area (Å²) in [7, 11) is 12.0. The van der Waals surface area contributed by atoms with E-state index >= 15 is 0 Å². The molecule has 0 saturated heterocycles. The molecule has 4 radical (unpaired) electrons. The summed E-state index contributed by atoms with van der Waals surface area (Å²) in [5.74, 6) is 0. The molecule has 5 rings (SSSR count). The van der Waals surface area contributed by atoms with Crippen molar-refractivity contribution < 1.29 is 0 Å². The van der Waals surface area contributed by atoms with E-state index in [0.717, 1.165) is 10.9 Å². The third-order valence-corrected chi connectivity index (χ3v) is 5.64. The fraction of sp³-hybridized carbons (Fsp3) is 0.0400. The van der Waals surface area contributed by atoms with Crippen LogP contribution in [0.15, 0.2) is 97.1 Å². The zero-order chi connectivity index (χ0) is 18.4. The molecule has 0 aromatic heterocycles. The Kier molecular flexibility index (Phi) is 3.62. The molecule has 4 aromatic rings. The maximum absolute atomic E-state index is 6.00. The summed E-state index contributed by atoms with van der Waals surface area (Å²) in [6.07, 6.45) is 0. The third-order valence-electron chi connectivity index (χ3n) is 5.64. The Morgan fingerprint density at radius 2 is 0.815 bits per heavy atom. The molecule has 4 aromatic carbocycles. The van der Waals surface area contributed by atoms with E-state index in [2.05, 4.69) is 72.8 Å². The van der Waals surface area contributed by atoms with E-state index in [4.69, 9.17) is 15.7 Å². The molecule has 0 unspecified atom stereocenters. The average molecular weight is 338 g/mol. The fourth-order valence-corrected chi connectivity index (χ4v) is 4.49. The highest BCUT2D eigenvalue weighted by Crippen LogP contribution is 2.55. The highest BCUT2D eigenvalue weighted by molar-refractivity contribution is 6.32. The summed E-state index contributed by atoms with van der Waals surface area (Å²) in [6.45, 7) is 0.